The summed E-state index contributed by atoms with van der Waals surface area (Å²) in [4.78, 5) is 7.87. The first kappa shape index (κ1) is 9.91. The van der Waals surface area contributed by atoms with Gasteiger partial charge in [-0.1, -0.05) is 19.3 Å². The summed E-state index contributed by atoms with van der Waals surface area (Å²) in [6, 6.07) is 3.68. The Kier molecular flexibility index (Phi) is 3.13. The van der Waals surface area contributed by atoms with Crippen molar-refractivity contribution in [2.75, 3.05) is 11.9 Å². The van der Waals surface area contributed by atoms with Gasteiger partial charge in [0, 0.05) is 12.6 Å². The van der Waals surface area contributed by atoms with E-state index in [1.807, 2.05) is 6.07 Å². The molecular weight excluding hydrogens is 188 g/mol. The highest BCUT2D eigenvalue weighted by molar-refractivity contribution is 5.38. The van der Waals surface area contributed by atoms with Crippen LogP contribution < -0.4 is 5.32 Å². The molecule has 1 aromatic rings. The zero-order chi connectivity index (χ0) is 10.5. The number of hydrogen-bond donors (Lipinski definition) is 1. The highest BCUT2D eigenvalue weighted by Gasteiger charge is 2.16. The second-order valence-corrected chi connectivity index (χ2v) is 3.91. The Morgan fingerprint density at radius 3 is 3.00 bits per heavy atom. The van der Waals surface area contributed by atoms with Crippen molar-refractivity contribution in [3.63, 3.8) is 0 Å². The van der Waals surface area contributed by atoms with Crippen LogP contribution in [-0.4, -0.2) is 16.5 Å². The lowest BCUT2D eigenvalue weighted by Crippen LogP contribution is -2.16. The van der Waals surface area contributed by atoms with Crippen molar-refractivity contribution >= 4 is 5.82 Å². The highest BCUT2D eigenvalue weighted by atomic mass is 15.0. The molecule has 2 rings (SSSR count). The Bertz CT molecular complexity index is 365. The van der Waals surface area contributed by atoms with Gasteiger partial charge in [0.05, 0.1) is 0 Å². The molecule has 1 heterocycles. The van der Waals surface area contributed by atoms with E-state index < -0.39 is 0 Å². The van der Waals surface area contributed by atoms with Crippen molar-refractivity contribution in [1.29, 1.82) is 5.26 Å². The molecule has 4 nitrogen and oxygen atoms in total. The van der Waals surface area contributed by atoms with Crippen LogP contribution in [0.4, 0.5) is 5.82 Å². The molecular formula is C11H14N4. The van der Waals surface area contributed by atoms with Crippen molar-refractivity contribution in [1.82, 2.24) is 9.97 Å². The summed E-state index contributed by atoms with van der Waals surface area (Å²) in [7, 11) is 0. The standard InChI is InChI=1S/C11H14N4/c12-7-10-6-11(15-8-14-10)13-5-4-9-2-1-3-9/h6,8-9H,1-5H2,(H,13,14,15). The Labute approximate surface area is 89.4 Å². The van der Waals surface area contributed by atoms with Crippen molar-refractivity contribution in [3.05, 3.63) is 18.1 Å². The van der Waals surface area contributed by atoms with E-state index in [0.717, 1.165) is 18.3 Å². The van der Waals surface area contributed by atoms with E-state index in [-0.39, 0.29) is 0 Å². The average Bonchev–Trinajstić information content (AvgIpc) is 2.22. The lowest BCUT2D eigenvalue weighted by Gasteiger charge is -2.25. The van der Waals surface area contributed by atoms with Crippen LogP contribution in [0.1, 0.15) is 31.4 Å². The van der Waals surface area contributed by atoms with Crippen molar-refractivity contribution in [2.24, 2.45) is 5.92 Å². The molecule has 0 saturated heterocycles. The number of nitrogens with one attached hydrogen (secondary N) is 1. The molecule has 1 aromatic heterocycles. The van der Waals surface area contributed by atoms with E-state index >= 15 is 0 Å². The van der Waals surface area contributed by atoms with Gasteiger partial charge < -0.3 is 5.32 Å². The molecule has 1 aliphatic carbocycles. The zero-order valence-electron chi connectivity index (χ0n) is 8.61. The second kappa shape index (κ2) is 4.74. The van der Waals surface area contributed by atoms with Gasteiger partial charge in [-0.25, -0.2) is 9.97 Å². The lowest BCUT2D eigenvalue weighted by molar-refractivity contribution is 0.303. The first-order chi connectivity index (χ1) is 7.38. The van der Waals surface area contributed by atoms with E-state index in [1.54, 1.807) is 6.07 Å². The molecule has 15 heavy (non-hydrogen) atoms. The monoisotopic (exact) mass is 202 g/mol. The first-order valence-corrected chi connectivity index (χ1v) is 5.34. The van der Waals surface area contributed by atoms with Gasteiger partial charge in [-0.15, -0.1) is 0 Å². The van der Waals surface area contributed by atoms with Gasteiger partial charge in [-0.05, 0) is 12.3 Å². The van der Waals surface area contributed by atoms with Crippen LogP contribution in [-0.2, 0) is 0 Å². The fourth-order valence-electron chi connectivity index (χ4n) is 1.70. The third kappa shape index (κ3) is 2.66. The van der Waals surface area contributed by atoms with Crippen LogP contribution in [0.25, 0.3) is 0 Å². The second-order valence-electron chi connectivity index (χ2n) is 3.91. The molecule has 78 valence electrons. The third-order valence-corrected chi connectivity index (χ3v) is 2.87. The van der Waals surface area contributed by atoms with Crippen LogP contribution in [0, 0.1) is 17.2 Å². The minimum Gasteiger partial charge on any atom is -0.370 e. The Morgan fingerprint density at radius 1 is 1.47 bits per heavy atom. The quantitative estimate of drug-likeness (QED) is 0.810. The number of anilines is 1. The summed E-state index contributed by atoms with van der Waals surface area (Å²) in [5.41, 5.74) is 0.413. The van der Waals surface area contributed by atoms with Gasteiger partial charge in [-0.2, -0.15) is 5.26 Å². The molecule has 1 fully saturated rings. The summed E-state index contributed by atoms with van der Waals surface area (Å²) in [5, 5.41) is 11.9. The molecule has 0 spiro atoms. The van der Waals surface area contributed by atoms with E-state index in [0.29, 0.717) is 5.69 Å². The number of aromatic nitrogens is 2. The first-order valence-electron chi connectivity index (χ1n) is 5.34. The molecule has 1 aliphatic rings. The normalized spacial score (nSPS) is 15.4. The van der Waals surface area contributed by atoms with Crippen LogP contribution in [0.3, 0.4) is 0 Å². The van der Waals surface area contributed by atoms with Gasteiger partial charge in [0.15, 0.2) is 0 Å². The molecule has 1 saturated carbocycles. The Hall–Kier alpha value is -1.63. The molecule has 0 radical (unpaired) electrons. The number of nitriles is 1. The summed E-state index contributed by atoms with van der Waals surface area (Å²) in [6.07, 6.45) is 6.75. The number of rotatable bonds is 4. The van der Waals surface area contributed by atoms with Gasteiger partial charge in [-0.3, -0.25) is 0 Å². The summed E-state index contributed by atoms with van der Waals surface area (Å²) >= 11 is 0. The topological polar surface area (TPSA) is 61.6 Å². The minimum absolute atomic E-state index is 0.413. The van der Waals surface area contributed by atoms with Gasteiger partial charge in [0.1, 0.15) is 23.9 Å². The number of nitrogens with zero attached hydrogens (tertiary/aromatic N) is 3. The molecule has 1 N–H and O–H groups in total. The Balaban J connectivity index is 1.79. The summed E-state index contributed by atoms with van der Waals surface area (Å²) in [5.74, 6) is 1.65. The van der Waals surface area contributed by atoms with Crippen molar-refractivity contribution in [3.8, 4) is 6.07 Å². The van der Waals surface area contributed by atoms with E-state index in [4.69, 9.17) is 5.26 Å². The Morgan fingerprint density at radius 2 is 2.33 bits per heavy atom. The summed E-state index contributed by atoms with van der Waals surface area (Å²) < 4.78 is 0. The van der Waals surface area contributed by atoms with Crippen LogP contribution in [0.2, 0.25) is 0 Å². The van der Waals surface area contributed by atoms with Crippen molar-refractivity contribution < 1.29 is 0 Å². The van der Waals surface area contributed by atoms with Crippen LogP contribution in [0.5, 0.6) is 0 Å². The van der Waals surface area contributed by atoms with E-state index in [9.17, 15) is 0 Å². The predicted molar refractivity (Wildman–Crippen MR) is 57.2 cm³/mol. The SMILES string of the molecule is N#Cc1cc(NCCC2CCC2)ncn1. The molecule has 4 heteroatoms. The maximum Gasteiger partial charge on any atom is 0.145 e. The van der Waals surface area contributed by atoms with Crippen LogP contribution in [0.15, 0.2) is 12.4 Å². The van der Waals surface area contributed by atoms with Gasteiger partial charge >= 0.3 is 0 Å². The number of hydrogen-bond acceptors (Lipinski definition) is 4. The van der Waals surface area contributed by atoms with E-state index in [1.165, 1.54) is 32.0 Å². The highest BCUT2D eigenvalue weighted by Crippen LogP contribution is 2.28. The zero-order valence-corrected chi connectivity index (χ0v) is 8.61. The fourth-order valence-corrected chi connectivity index (χ4v) is 1.70. The fraction of sp³-hybridized carbons (Fsp3) is 0.545. The molecule has 0 aromatic carbocycles. The summed E-state index contributed by atoms with van der Waals surface area (Å²) in [6.45, 7) is 0.937. The predicted octanol–water partition coefficient (Wildman–Crippen LogP) is 1.95. The molecule has 0 amide bonds. The smallest absolute Gasteiger partial charge is 0.145 e. The largest absolute Gasteiger partial charge is 0.370 e. The minimum atomic E-state index is 0.413. The van der Waals surface area contributed by atoms with Crippen molar-refractivity contribution in [2.45, 2.75) is 25.7 Å². The molecule has 0 unspecified atom stereocenters. The molecule has 0 bridgehead atoms. The van der Waals surface area contributed by atoms with Gasteiger partial charge in [0.25, 0.3) is 0 Å². The maximum absolute atomic E-state index is 8.65. The molecule has 0 atom stereocenters. The van der Waals surface area contributed by atoms with E-state index in [2.05, 4.69) is 15.3 Å². The van der Waals surface area contributed by atoms with Gasteiger partial charge in [0.2, 0.25) is 0 Å². The maximum atomic E-state index is 8.65. The van der Waals surface area contributed by atoms with Crippen LogP contribution >= 0.6 is 0 Å². The third-order valence-electron chi connectivity index (χ3n) is 2.87. The average molecular weight is 202 g/mol. The molecule has 0 aliphatic heterocycles. The lowest BCUT2D eigenvalue weighted by atomic mass is 9.83.